The number of nitrogens with zero attached hydrogens (tertiary/aromatic N) is 1. The van der Waals surface area contributed by atoms with E-state index < -0.39 is 0 Å². The summed E-state index contributed by atoms with van der Waals surface area (Å²) in [5.41, 5.74) is 1.55. The predicted octanol–water partition coefficient (Wildman–Crippen LogP) is 3.85. The largest absolute Gasteiger partial charge is 0.492 e. The Hall–Kier alpha value is -2.61. The number of thiazole rings is 1. The van der Waals surface area contributed by atoms with Gasteiger partial charge in [-0.2, -0.15) is 0 Å². The highest BCUT2D eigenvalue weighted by atomic mass is 32.1. The number of nitrogens with one attached hydrogen (secondary N) is 2. The van der Waals surface area contributed by atoms with E-state index in [2.05, 4.69) is 15.6 Å². The number of hydrogen-bond donors (Lipinski definition) is 2. The molecule has 0 radical (unpaired) electrons. The van der Waals surface area contributed by atoms with Crippen LogP contribution in [0.2, 0.25) is 0 Å². The highest BCUT2D eigenvalue weighted by Crippen LogP contribution is 2.33. The lowest BCUT2D eigenvalue weighted by atomic mass is 9.91. The molecule has 0 spiro atoms. The monoisotopic (exact) mass is 389 g/mol. The molecular formula is C19H23N3O4S. The maximum Gasteiger partial charge on any atom is 0.325 e. The van der Waals surface area contributed by atoms with Gasteiger partial charge >= 0.3 is 12.0 Å². The van der Waals surface area contributed by atoms with E-state index in [1.807, 2.05) is 26.0 Å². The van der Waals surface area contributed by atoms with Crippen molar-refractivity contribution in [2.45, 2.75) is 33.1 Å². The topological polar surface area (TPSA) is 89.5 Å². The molecule has 0 saturated heterocycles. The SMILES string of the molecule is CCOC(=O)C1CCc2nc(NC(=O)Nc3ccccc3OCC)sc2C1. The zero-order valence-electron chi connectivity index (χ0n) is 15.4. The molecule has 27 heavy (non-hydrogen) atoms. The minimum Gasteiger partial charge on any atom is -0.492 e. The Kier molecular flexibility index (Phi) is 6.28. The third-order valence-corrected chi connectivity index (χ3v) is 5.25. The Morgan fingerprint density at radius 3 is 2.81 bits per heavy atom. The van der Waals surface area contributed by atoms with Gasteiger partial charge in [0.1, 0.15) is 5.75 Å². The van der Waals surface area contributed by atoms with Gasteiger partial charge in [-0.15, -0.1) is 11.3 Å². The molecule has 1 aromatic carbocycles. The third-order valence-electron chi connectivity index (χ3n) is 4.22. The lowest BCUT2D eigenvalue weighted by Gasteiger charge is -2.18. The van der Waals surface area contributed by atoms with Crippen molar-refractivity contribution < 1.29 is 19.1 Å². The molecule has 3 rings (SSSR count). The molecule has 1 aliphatic carbocycles. The van der Waals surface area contributed by atoms with Crippen molar-refractivity contribution in [1.29, 1.82) is 0 Å². The lowest BCUT2D eigenvalue weighted by molar-refractivity contribution is -0.148. The number of rotatable bonds is 6. The first-order valence-electron chi connectivity index (χ1n) is 9.05. The zero-order chi connectivity index (χ0) is 19.2. The van der Waals surface area contributed by atoms with Crippen molar-refractivity contribution in [3.63, 3.8) is 0 Å². The molecule has 1 unspecified atom stereocenters. The number of fused-ring (bicyclic) bond motifs is 1. The number of benzene rings is 1. The van der Waals surface area contributed by atoms with Crippen molar-refractivity contribution in [3.8, 4) is 5.75 Å². The summed E-state index contributed by atoms with van der Waals surface area (Å²) in [6, 6.07) is 6.88. The van der Waals surface area contributed by atoms with E-state index in [0.717, 1.165) is 17.0 Å². The third kappa shape index (κ3) is 4.77. The molecule has 2 amide bonds. The molecule has 0 aliphatic heterocycles. The summed E-state index contributed by atoms with van der Waals surface area (Å²) in [6.45, 7) is 4.60. The first-order valence-corrected chi connectivity index (χ1v) is 9.87. The molecule has 1 aromatic heterocycles. The van der Waals surface area contributed by atoms with E-state index in [0.29, 0.717) is 42.6 Å². The van der Waals surface area contributed by atoms with Crippen molar-refractivity contribution in [2.75, 3.05) is 23.8 Å². The van der Waals surface area contributed by atoms with Crippen molar-refractivity contribution >= 4 is 34.2 Å². The molecule has 144 valence electrons. The second-order valence-electron chi connectivity index (χ2n) is 6.09. The van der Waals surface area contributed by atoms with Crippen molar-refractivity contribution in [3.05, 3.63) is 34.8 Å². The maximum atomic E-state index is 12.3. The minimum absolute atomic E-state index is 0.127. The van der Waals surface area contributed by atoms with Crippen LogP contribution in [0.5, 0.6) is 5.75 Å². The Morgan fingerprint density at radius 1 is 1.22 bits per heavy atom. The van der Waals surface area contributed by atoms with Crippen LogP contribution in [-0.4, -0.2) is 30.2 Å². The van der Waals surface area contributed by atoms with Crippen LogP contribution in [0, 0.1) is 5.92 Å². The van der Waals surface area contributed by atoms with Gasteiger partial charge < -0.3 is 14.8 Å². The number of ether oxygens (including phenoxy) is 2. The number of esters is 1. The molecule has 7 nitrogen and oxygen atoms in total. The Balaban J connectivity index is 1.63. The van der Waals surface area contributed by atoms with Gasteiger partial charge in [-0.05, 0) is 45.2 Å². The van der Waals surface area contributed by atoms with Crippen LogP contribution in [-0.2, 0) is 22.4 Å². The van der Waals surface area contributed by atoms with Crippen LogP contribution in [0.1, 0.15) is 30.8 Å². The van der Waals surface area contributed by atoms with E-state index in [9.17, 15) is 9.59 Å². The fourth-order valence-corrected chi connectivity index (χ4v) is 4.07. The minimum atomic E-state index is -0.379. The summed E-state index contributed by atoms with van der Waals surface area (Å²) in [5, 5.41) is 6.08. The zero-order valence-corrected chi connectivity index (χ0v) is 16.2. The number of urea groups is 1. The molecule has 1 atom stereocenters. The molecule has 2 N–H and O–H groups in total. The smallest absolute Gasteiger partial charge is 0.325 e. The molecule has 0 saturated carbocycles. The van der Waals surface area contributed by atoms with Gasteiger partial charge in [-0.25, -0.2) is 9.78 Å². The summed E-state index contributed by atoms with van der Waals surface area (Å²) in [6.07, 6.45) is 2.05. The van der Waals surface area contributed by atoms with Gasteiger partial charge in [0.05, 0.1) is 30.5 Å². The van der Waals surface area contributed by atoms with Crippen molar-refractivity contribution in [2.24, 2.45) is 5.92 Å². The molecule has 8 heteroatoms. The Labute approximate surface area is 162 Å². The molecule has 0 fully saturated rings. The molecule has 1 aliphatic rings. The van der Waals surface area contributed by atoms with Gasteiger partial charge in [0.15, 0.2) is 5.13 Å². The van der Waals surface area contributed by atoms with Gasteiger partial charge in [-0.1, -0.05) is 12.1 Å². The van der Waals surface area contributed by atoms with Gasteiger partial charge in [0.25, 0.3) is 0 Å². The molecular weight excluding hydrogens is 366 g/mol. The van der Waals surface area contributed by atoms with Crippen LogP contribution in [0.15, 0.2) is 24.3 Å². The fourth-order valence-electron chi connectivity index (χ4n) is 2.99. The second kappa shape index (κ2) is 8.85. The second-order valence-corrected chi connectivity index (χ2v) is 7.17. The van der Waals surface area contributed by atoms with Crippen LogP contribution >= 0.6 is 11.3 Å². The van der Waals surface area contributed by atoms with E-state index in [1.165, 1.54) is 11.3 Å². The molecule has 0 bridgehead atoms. The van der Waals surface area contributed by atoms with Crippen LogP contribution < -0.4 is 15.4 Å². The van der Waals surface area contributed by atoms with Crippen LogP contribution in [0.25, 0.3) is 0 Å². The Morgan fingerprint density at radius 2 is 2.04 bits per heavy atom. The Bertz CT molecular complexity index is 821. The average molecular weight is 389 g/mol. The van der Waals surface area contributed by atoms with E-state index in [1.54, 1.807) is 12.1 Å². The number of anilines is 2. The first kappa shape index (κ1) is 19.2. The standard InChI is InChI=1S/C19H23N3O4S/c1-3-25-15-8-6-5-7-13(15)20-18(24)22-19-21-14-10-9-12(11-16(14)27-19)17(23)26-4-2/h5-8,12H,3-4,9-11H2,1-2H3,(H2,20,21,22,24). The maximum absolute atomic E-state index is 12.3. The summed E-state index contributed by atoms with van der Waals surface area (Å²) >= 11 is 1.41. The number of aromatic nitrogens is 1. The predicted molar refractivity (Wildman–Crippen MR) is 105 cm³/mol. The number of carbonyl (C=O) groups is 2. The first-order chi connectivity index (χ1) is 13.1. The van der Waals surface area contributed by atoms with E-state index in [4.69, 9.17) is 9.47 Å². The van der Waals surface area contributed by atoms with E-state index >= 15 is 0 Å². The molecule has 2 aromatic rings. The summed E-state index contributed by atoms with van der Waals surface area (Å²) in [5.74, 6) is 0.333. The number of hydrogen-bond acceptors (Lipinski definition) is 6. The van der Waals surface area contributed by atoms with Crippen LogP contribution in [0.4, 0.5) is 15.6 Å². The normalized spacial score (nSPS) is 15.6. The van der Waals surface area contributed by atoms with Gasteiger partial charge in [0, 0.05) is 4.88 Å². The number of aryl methyl sites for hydroxylation is 1. The lowest BCUT2D eigenvalue weighted by Crippen LogP contribution is -2.24. The van der Waals surface area contributed by atoms with E-state index in [-0.39, 0.29) is 17.9 Å². The quantitative estimate of drug-likeness (QED) is 0.733. The highest BCUT2D eigenvalue weighted by Gasteiger charge is 2.28. The average Bonchev–Trinajstić information content (AvgIpc) is 3.05. The summed E-state index contributed by atoms with van der Waals surface area (Å²) < 4.78 is 10.6. The van der Waals surface area contributed by atoms with Gasteiger partial charge in [-0.3, -0.25) is 10.1 Å². The van der Waals surface area contributed by atoms with Gasteiger partial charge in [0.2, 0.25) is 0 Å². The number of amides is 2. The summed E-state index contributed by atoms with van der Waals surface area (Å²) in [7, 11) is 0. The number of para-hydroxylation sites is 2. The highest BCUT2D eigenvalue weighted by molar-refractivity contribution is 7.15. The number of carbonyl (C=O) groups excluding carboxylic acids is 2. The fraction of sp³-hybridized carbons (Fsp3) is 0.421. The molecule has 1 heterocycles. The van der Waals surface area contributed by atoms with Crippen LogP contribution in [0.3, 0.4) is 0 Å². The summed E-state index contributed by atoms with van der Waals surface area (Å²) in [4.78, 5) is 29.8. The van der Waals surface area contributed by atoms with Crippen molar-refractivity contribution in [1.82, 2.24) is 4.98 Å².